The van der Waals surface area contributed by atoms with Crippen LogP contribution >= 0.6 is 11.3 Å². The molecule has 1 aliphatic heterocycles. The molecule has 144 valence electrons. The molecule has 7 heteroatoms. The number of hydrogen-bond donors (Lipinski definition) is 2. The van der Waals surface area contributed by atoms with E-state index in [1.807, 2.05) is 25.3 Å². The van der Waals surface area contributed by atoms with Crippen molar-refractivity contribution in [1.29, 1.82) is 0 Å². The summed E-state index contributed by atoms with van der Waals surface area (Å²) >= 11 is 1.35. The molecule has 0 spiro atoms. The molecular weight excluding hydrogens is 360 g/mol. The summed E-state index contributed by atoms with van der Waals surface area (Å²) in [7, 11) is 0. The number of rotatable bonds is 7. The van der Waals surface area contributed by atoms with Gasteiger partial charge in [-0.1, -0.05) is 32.0 Å². The van der Waals surface area contributed by atoms with E-state index in [9.17, 15) is 9.59 Å². The Morgan fingerprint density at radius 1 is 1.30 bits per heavy atom. The van der Waals surface area contributed by atoms with Gasteiger partial charge in [0.1, 0.15) is 0 Å². The molecule has 0 bridgehead atoms. The summed E-state index contributed by atoms with van der Waals surface area (Å²) in [6.07, 6.45) is 1.32. The van der Waals surface area contributed by atoms with Crippen molar-refractivity contribution in [2.45, 2.75) is 26.7 Å². The summed E-state index contributed by atoms with van der Waals surface area (Å²) in [4.78, 5) is 30.6. The lowest BCUT2D eigenvalue weighted by Gasteiger charge is -2.18. The first kappa shape index (κ1) is 19.4. The van der Waals surface area contributed by atoms with E-state index in [0.717, 1.165) is 19.5 Å². The molecule has 1 aromatic carbocycles. The lowest BCUT2D eigenvalue weighted by molar-refractivity contribution is -0.120. The molecule has 2 heterocycles. The molecule has 0 saturated carbocycles. The molecule has 3 rings (SSSR count). The number of para-hydroxylation sites is 1. The highest BCUT2D eigenvalue weighted by Crippen LogP contribution is 2.23. The fourth-order valence-electron chi connectivity index (χ4n) is 3.05. The lowest BCUT2D eigenvalue weighted by Crippen LogP contribution is -2.32. The quantitative estimate of drug-likeness (QED) is 0.767. The SMILES string of the molecule is CC(C)C(=O)Nc1nc(CC(=O)NC[C@H]2CCN(c3ccccc3)C2)cs1. The highest BCUT2D eigenvalue weighted by molar-refractivity contribution is 7.13. The number of benzene rings is 1. The van der Waals surface area contributed by atoms with Gasteiger partial charge in [0.2, 0.25) is 11.8 Å². The molecule has 1 atom stereocenters. The van der Waals surface area contributed by atoms with Crippen LogP contribution in [0.1, 0.15) is 26.0 Å². The summed E-state index contributed by atoms with van der Waals surface area (Å²) < 4.78 is 0. The minimum Gasteiger partial charge on any atom is -0.371 e. The van der Waals surface area contributed by atoms with E-state index >= 15 is 0 Å². The standard InChI is InChI=1S/C20H26N4O2S/c1-14(2)19(26)23-20-22-16(13-27-20)10-18(25)21-11-15-8-9-24(12-15)17-6-4-3-5-7-17/h3-7,13-15H,8-12H2,1-2H3,(H,21,25)(H,22,23,26)/t15-/m1/s1. The Hall–Kier alpha value is -2.41. The fourth-order valence-corrected chi connectivity index (χ4v) is 3.77. The average Bonchev–Trinajstić information content (AvgIpc) is 3.30. The molecule has 1 aliphatic rings. The monoisotopic (exact) mass is 386 g/mol. The second-order valence-corrected chi connectivity index (χ2v) is 8.06. The molecule has 6 nitrogen and oxygen atoms in total. The van der Waals surface area contributed by atoms with Gasteiger partial charge in [-0.15, -0.1) is 11.3 Å². The topological polar surface area (TPSA) is 74.3 Å². The Morgan fingerprint density at radius 2 is 2.07 bits per heavy atom. The van der Waals surface area contributed by atoms with Crippen molar-refractivity contribution < 1.29 is 9.59 Å². The van der Waals surface area contributed by atoms with Crippen molar-refractivity contribution in [3.63, 3.8) is 0 Å². The second-order valence-electron chi connectivity index (χ2n) is 7.21. The van der Waals surface area contributed by atoms with Gasteiger partial charge in [-0.25, -0.2) is 4.98 Å². The molecule has 1 aromatic heterocycles. The van der Waals surface area contributed by atoms with Crippen LogP contribution in [-0.2, 0) is 16.0 Å². The van der Waals surface area contributed by atoms with Gasteiger partial charge in [0.05, 0.1) is 12.1 Å². The average molecular weight is 387 g/mol. The number of anilines is 2. The molecule has 2 N–H and O–H groups in total. The van der Waals surface area contributed by atoms with Crippen molar-refractivity contribution in [2.24, 2.45) is 11.8 Å². The van der Waals surface area contributed by atoms with Crippen LogP contribution in [0.5, 0.6) is 0 Å². The van der Waals surface area contributed by atoms with Crippen LogP contribution in [0.3, 0.4) is 0 Å². The Bertz CT molecular complexity index is 775. The number of hydrogen-bond acceptors (Lipinski definition) is 5. The zero-order valence-electron chi connectivity index (χ0n) is 15.8. The maximum absolute atomic E-state index is 12.2. The van der Waals surface area contributed by atoms with Crippen LogP contribution < -0.4 is 15.5 Å². The first-order valence-electron chi connectivity index (χ1n) is 9.33. The minimum absolute atomic E-state index is 0.0276. The van der Waals surface area contributed by atoms with Gasteiger partial charge < -0.3 is 15.5 Å². The first-order chi connectivity index (χ1) is 13.0. The van der Waals surface area contributed by atoms with Crippen LogP contribution in [-0.4, -0.2) is 36.4 Å². The van der Waals surface area contributed by atoms with E-state index < -0.39 is 0 Å². The molecule has 0 unspecified atom stereocenters. The number of carbonyl (C=O) groups is 2. The van der Waals surface area contributed by atoms with Crippen LogP contribution in [0.2, 0.25) is 0 Å². The van der Waals surface area contributed by atoms with Gasteiger partial charge in [-0.3, -0.25) is 9.59 Å². The third-order valence-corrected chi connectivity index (χ3v) is 5.45. The first-order valence-corrected chi connectivity index (χ1v) is 10.2. The van der Waals surface area contributed by atoms with Crippen molar-refractivity contribution in [1.82, 2.24) is 10.3 Å². The van der Waals surface area contributed by atoms with E-state index in [2.05, 4.69) is 44.8 Å². The van der Waals surface area contributed by atoms with Gasteiger partial charge >= 0.3 is 0 Å². The van der Waals surface area contributed by atoms with E-state index in [0.29, 0.717) is 23.3 Å². The third-order valence-electron chi connectivity index (χ3n) is 4.64. The maximum atomic E-state index is 12.2. The minimum atomic E-state index is -0.0949. The molecule has 1 saturated heterocycles. The molecule has 27 heavy (non-hydrogen) atoms. The van der Waals surface area contributed by atoms with Crippen molar-refractivity contribution in [3.8, 4) is 0 Å². The molecule has 2 aromatic rings. The van der Waals surface area contributed by atoms with Crippen molar-refractivity contribution in [3.05, 3.63) is 41.4 Å². The van der Waals surface area contributed by atoms with Crippen molar-refractivity contribution in [2.75, 3.05) is 29.9 Å². The van der Waals surface area contributed by atoms with Gasteiger partial charge in [-0.2, -0.15) is 0 Å². The second kappa shape index (κ2) is 8.99. The molecule has 2 amide bonds. The molecule has 1 fully saturated rings. The maximum Gasteiger partial charge on any atom is 0.228 e. The molecule has 0 radical (unpaired) electrons. The van der Waals surface area contributed by atoms with E-state index in [1.165, 1.54) is 17.0 Å². The summed E-state index contributed by atoms with van der Waals surface area (Å²) in [6.45, 7) is 6.34. The molecular formula is C20H26N4O2S. The number of nitrogens with one attached hydrogen (secondary N) is 2. The van der Waals surface area contributed by atoms with Gasteiger partial charge in [-0.05, 0) is 24.5 Å². The third kappa shape index (κ3) is 5.53. The predicted molar refractivity (Wildman–Crippen MR) is 109 cm³/mol. The fraction of sp³-hybridized carbons (Fsp3) is 0.450. The summed E-state index contributed by atoms with van der Waals surface area (Å²) in [5.41, 5.74) is 1.93. The Balaban J connectivity index is 1.41. The highest BCUT2D eigenvalue weighted by atomic mass is 32.1. The van der Waals surface area contributed by atoms with Crippen LogP contribution in [0.25, 0.3) is 0 Å². The lowest BCUT2D eigenvalue weighted by atomic mass is 10.1. The van der Waals surface area contributed by atoms with Gasteiger partial charge in [0, 0.05) is 36.6 Å². The zero-order valence-corrected chi connectivity index (χ0v) is 16.6. The number of nitrogens with zero attached hydrogens (tertiary/aromatic N) is 2. The number of thiazole rings is 1. The van der Waals surface area contributed by atoms with E-state index in [-0.39, 0.29) is 24.2 Å². The largest absolute Gasteiger partial charge is 0.371 e. The Kier molecular flexibility index (Phi) is 6.45. The van der Waals surface area contributed by atoms with Crippen LogP contribution in [0.15, 0.2) is 35.7 Å². The number of carbonyl (C=O) groups excluding carboxylic acids is 2. The summed E-state index contributed by atoms with van der Waals surface area (Å²) in [6, 6.07) is 10.4. The normalized spacial score (nSPS) is 16.6. The number of amides is 2. The van der Waals surface area contributed by atoms with Crippen molar-refractivity contribution >= 4 is 34.0 Å². The van der Waals surface area contributed by atoms with Crippen LogP contribution in [0.4, 0.5) is 10.8 Å². The highest BCUT2D eigenvalue weighted by Gasteiger charge is 2.23. The van der Waals surface area contributed by atoms with Crippen LogP contribution in [0, 0.1) is 11.8 Å². The molecule has 0 aliphatic carbocycles. The predicted octanol–water partition coefficient (Wildman–Crippen LogP) is 2.92. The Labute approximate surface area is 164 Å². The number of aromatic nitrogens is 1. The summed E-state index contributed by atoms with van der Waals surface area (Å²) in [5.74, 6) is 0.276. The van der Waals surface area contributed by atoms with E-state index in [4.69, 9.17) is 0 Å². The van der Waals surface area contributed by atoms with E-state index in [1.54, 1.807) is 0 Å². The smallest absolute Gasteiger partial charge is 0.228 e. The zero-order chi connectivity index (χ0) is 19.2. The van der Waals surface area contributed by atoms with Gasteiger partial charge in [0.15, 0.2) is 5.13 Å². The van der Waals surface area contributed by atoms with Gasteiger partial charge in [0.25, 0.3) is 0 Å². The summed E-state index contributed by atoms with van der Waals surface area (Å²) in [5, 5.41) is 8.16. The Morgan fingerprint density at radius 3 is 2.81 bits per heavy atom.